The molecule has 0 radical (unpaired) electrons. The normalized spacial score (nSPS) is 30.4. The molecule has 0 aliphatic heterocycles. The first kappa shape index (κ1) is 21.8. The van der Waals surface area contributed by atoms with Crippen LogP contribution in [0.1, 0.15) is 117 Å². The topological polar surface area (TPSA) is 0 Å². The summed E-state index contributed by atoms with van der Waals surface area (Å²) in [6, 6.07) is 0. The molecule has 0 saturated heterocycles. The average molecular weight is 359 g/mol. The number of hydrogen-bond donors (Lipinski definition) is 0. The SMILES string of the molecule is CCC=CCC1CCC(CCCCC2CCC(CC=CCC)CC2)CC1. The summed E-state index contributed by atoms with van der Waals surface area (Å²) in [5, 5.41) is 0. The van der Waals surface area contributed by atoms with Gasteiger partial charge in [0.15, 0.2) is 0 Å². The first-order valence-corrected chi connectivity index (χ1v) is 12.1. The lowest BCUT2D eigenvalue weighted by Crippen LogP contribution is -2.15. The molecule has 2 saturated carbocycles. The Morgan fingerprint density at radius 2 is 0.846 bits per heavy atom. The third kappa shape index (κ3) is 8.92. The Labute approximate surface area is 164 Å². The van der Waals surface area contributed by atoms with Gasteiger partial charge in [-0.15, -0.1) is 0 Å². The molecule has 2 aliphatic carbocycles. The standard InChI is InChI=1S/C26H46/c1-3-5-7-11-23-15-19-25(20-16-23)13-9-10-14-26-21-17-24(18-22-26)12-8-6-4-2/h5-8,23-26H,3-4,9-22H2,1-2H3. The minimum absolute atomic E-state index is 0.997. The summed E-state index contributed by atoms with van der Waals surface area (Å²) in [5.41, 5.74) is 0. The summed E-state index contributed by atoms with van der Waals surface area (Å²) in [5.74, 6) is 4.11. The van der Waals surface area contributed by atoms with Gasteiger partial charge >= 0.3 is 0 Å². The summed E-state index contributed by atoms with van der Waals surface area (Å²) in [7, 11) is 0. The zero-order chi connectivity index (χ0) is 18.5. The van der Waals surface area contributed by atoms with Crippen LogP contribution in [0.5, 0.6) is 0 Å². The first-order valence-electron chi connectivity index (χ1n) is 12.1. The Hall–Kier alpha value is -0.520. The van der Waals surface area contributed by atoms with Crippen LogP contribution in [0.15, 0.2) is 24.3 Å². The fourth-order valence-corrected chi connectivity index (χ4v) is 5.29. The van der Waals surface area contributed by atoms with Gasteiger partial charge in [-0.2, -0.15) is 0 Å². The summed E-state index contributed by atoms with van der Waals surface area (Å²) < 4.78 is 0. The molecule has 0 spiro atoms. The van der Waals surface area contributed by atoms with Crippen molar-refractivity contribution in [3.63, 3.8) is 0 Å². The summed E-state index contributed by atoms with van der Waals surface area (Å²) in [4.78, 5) is 0. The van der Waals surface area contributed by atoms with E-state index < -0.39 is 0 Å². The minimum Gasteiger partial charge on any atom is -0.0888 e. The molecule has 2 rings (SSSR count). The fraction of sp³-hybridized carbons (Fsp3) is 0.846. The van der Waals surface area contributed by atoms with Crippen LogP contribution in [-0.4, -0.2) is 0 Å². The van der Waals surface area contributed by atoms with Crippen LogP contribution in [0.4, 0.5) is 0 Å². The van der Waals surface area contributed by atoms with Crippen molar-refractivity contribution in [2.75, 3.05) is 0 Å². The minimum atomic E-state index is 0.997. The molecule has 2 aliphatic rings. The van der Waals surface area contributed by atoms with E-state index in [4.69, 9.17) is 0 Å². The molecule has 0 aromatic carbocycles. The van der Waals surface area contributed by atoms with Gasteiger partial charge < -0.3 is 0 Å². The second-order valence-corrected chi connectivity index (χ2v) is 9.29. The maximum Gasteiger partial charge on any atom is -0.0322 e. The molecule has 0 heterocycles. The first-order chi connectivity index (χ1) is 12.8. The molecule has 150 valence electrons. The van der Waals surface area contributed by atoms with E-state index in [0.717, 1.165) is 23.7 Å². The van der Waals surface area contributed by atoms with E-state index in [-0.39, 0.29) is 0 Å². The number of rotatable bonds is 11. The van der Waals surface area contributed by atoms with Crippen molar-refractivity contribution >= 4 is 0 Å². The summed E-state index contributed by atoms with van der Waals surface area (Å²) in [6.45, 7) is 4.48. The Morgan fingerprint density at radius 3 is 1.19 bits per heavy atom. The molecule has 0 unspecified atom stereocenters. The second-order valence-electron chi connectivity index (χ2n) is 9.29. The highest BCUT2D eigenvalue weighted by atomic mass is 14.3. The zero-order valence-corrected chi connectivity index (χ0v) is 17.9. The van der Waals surface area contributed by atoms with Gasteiger partial charge in [-0.25, -0.2) is 0 Å². The van der Waals surface area contributed by atoms with E-state index in [2.05, 4.69) is 38.2 Å². The highest BCUT2D eigenvalue weighted by Gasteiger charge is 2.22. The number of unbranched alkanes of at least 4 members (excludes halogenated alkanes) is 1. The Bertz CT molecular complexity index is 337. The largest absolute Gasteiger partial charge is 0.0888 e. The van der Waals surface area contributed by atoms with E-state index in [1.54, 1.807) is 0 Å². The summed E-state index contributed by atoms with van der Waals surface area (Å²) in [6.07, 6.45) is 32.7. The highest BCUT2D eigenvalue weighted by molar-refractivity contribution is 4.86. The van der Waals surface area contributed by atoms with E-state index in [1.165, 1.54) is 103 Å². The lowest BCUT2D eigenvalue weighted by atomic mass is 9.77. The van der Waals surface area contributed by atoms with Crippen LogP contribution in [0, 0.1) is 23.7 Å². The van der Waals surface area contributed by atoms with E-state index in [1.807, 2.05) is 0 Å². The van der Waals surface area contributed by atoms with Gasteiger partial charge in [0.2, 0.25) is 0 Å². The van der Waals surface area contributed by atoms with Gasteiger partial charge in [-0.05, 0) is 75.0 Å². The Balaban J connectivity index is 1.46. The van der Waals surface area contributed by atoms with Crippen LogP contribution < -0.4 is 0 Å². The highest BCUT2D eigenvalue weighted by Crippen LogP contribution is 2.36. The maximum absolute atomic E-state index is 2.43. The molecule has 0 heteroatoms. The Kier molecular flexibility index (Phi) is 11.4. The van der Waals surface area contributed by atoms with Crippen LogP contribution >= 0.6 is 0 Å². The van der Waals surface area contributed by atoms with Crippen molar-refractivity contribution < 1.29 is 0 Å². The molecular weight excluding hydrogens is 312 g/mol. The average Bonchev–Trinajstić information content (AvgIpc) is 2.68. The smallest absolute Gasteiger partial charge is 0.0322 e. The molecule has 0 aromatic rings. The van der Waals surface area contributed by atoms with Crippen LogP contribution in [0.2, 0.25) is 0 Å². The van der Waals surface area contributed by atoms with E-state index in [0.29, 0.717) is 0 Å². The van der Waals surface area contributed by atoms with Gasteiger partial charge in [0.25, 0.3) is 0 Å². The summed E-state index contributed by atoms with van der Waals surface area (Å²) >= 11 is 0. The van der Waals surface area contributed by atoms with Crippen molar-refractivity contribution in [1.29, 1.82) is 0 Å². The van der Waals surface area contributed by atoms with Gasteiger partial charge in [-0.3, -0.25) is 0 Å². The molecule has 2 fully saturated rings. The van der Waals surface area contributed by atoms with E-state index >= 15 is 0 Å². The van der Waals surface area contributed by atoms with Crippen molar-refractivity contribution in [3.8, 4) is 0 Å². The zero-order valence-electron chi connectivity index (χ0n) is 17.9. The molecule has 26 heavy (non-hydrogen) atoms. The molecule has 0 amide bonds. The second kappa shape index (κ2) is 13.6. The molecule has 0 nitrogen and oxygen atoms in total. The Morgan fingerprint density at radius 1 is 0.500 bits per heavy atom. The third-order valence-electron chi connectivity index (χ3n) is 7.15. The number of allylic oxidation sites excluding steroid dienone is 4. The van der Waals surface area contributed by atoms with Gasteiger partial charge in [-0.1, -0.05) is 89.5 Å². The van der Waals surface area contributed by atoms with Crippen molar-refractivity contribution in [2.45, 2.75) is 117 Å². The molecule has 0 bridgehead atoms. The lowest BCUT2D eigenvalue weighted by Gasteiger charge is -2.29. The van der Waals surface area contributed by atoms with Crippen LogP contribution in [0.3, 0.4) is 0 Å². The van der Waals surface area contributed by atoms with Crippen molar-refractivity contribution in [1.82, 2.24) is 0 Å². The van der Waals surface area contributed by atoms with Gasteiger partial charge in [0, 0.05) is 0 Å². The predicted octanol–water partition coefficient (Wildman–Crippen LogP) is 8.87. The molecular formula is C26H46. The predicted molar refractivity (Wildman–Crippen MR) is 117 cm³/mol. The van der Waals surface area contributed by atoms with Crippen LogP contribution in [-0.2, 0) is 0 Å². The van der Waals surface area contributed by atoms with Crippen LogP contribution in [0.25, 0.3) is 0 Å². The monoisotopic (exact) mass is 358 g/mol. The van der Waals surface area contributed by atoms with Crippen molar-refractivity contribution in [3.05, 3.63) is 24.3 Å². The molecule has 0 atom stereocenters. The number of hydrogen-bond acceptors (Lipinski definition) is 0. The van der Waals surface area contributed by atoms with Gasteiger partial charge in [0.05, 0.1) is 0 Å². The quantitative estimate of drug-likeness (QED) is 0.255. The van der Waals surface area contributed by atoms with Gasteiger partial charge in [0.1, 0.15) is 0 Å². The fourth-order valence-electron chi connectivity index (χ4n) is 5.29. The van der Waals surface area contributed by atoms with E-state index in [9.17, 15) is 0 Å². The van der Waals surface area contributed by atoms with Crippen molar-refractivity contribution in [2.24, 2.45) is 23.7 Å². The molecule has 0 aromatic heterocycles. The lowest BCUT2D eigenvalue weighted by molar-refractivity contribution is 0.243. The third-order valence-corrected chi connectivity index (χ3v) is 7.15. The molecule has 0 N–H and O–H groups in total. The maximum atomic E-state index is 2.43.